The third-order valence-corrected chi connectivity index (χ3v) is 14.6. The molecule has 13 aromatic rings. The van der Waals surface area contributed by atoms with Crippen molar-refractivity contribution >= 4 is 101 Å². The van der Waals surface area contributed by atoms with E-state index in [1.165, 1.54) is 0 Å². The van der Waals surface area contributed by atoms with Gasteiger partial charge < -0.3 is 28.1 Å². The number of furan rings is 2. The number of hydrogen-bond acceptors (Lipinski definition) is 6. The molecule has 6 nitrogen and oxygen atoms in total. The fourth-order valence-electron chi connectivity index (χ4n) is 11.4. The molecule has 342 valence electrons. The largest absolute Gasteiger partial charge is 0.458 e. The van der Waals surface area contributed by atoms with E-state index in [1.807, 2.05) is 30.3 Å². The van der Waals surface area contributed by atoms with Crippen molar-refractivity contribution in [1.29, 1.82) is 0 Å². The maximum Gasteiger partial charge on any atom is 0.260 e. The summed E-state index contributed by atoms with van der Waals surface area (Å²) in [4.78, 5) is 4.63. The molecule has 2 aliphatic rings. The molecule has 0 saturated carbocycles. The summed E-state index contributed by atoms with van der Waals surface area (Å²) < 4.78 is 27.5. The van der Waals surface area contributed by atoms with E-state index in [9.17, 15) is 0 Å². The molecule has 0 saturated heterocycles. The minimum Gasteiger partial charge on any atom is -0.458 e. The van der Waals surface area contributed by atoms with Crippen LogP contribution in [0.15, 0.2) is 258 Å². The zero-order chi connectivity index (χ0) is 48.0. The van der Waals surface area contributed by atoms with E-state index in [-0.39, 0.29) is 6.71 Å². The number of ether oxygens (including phenoxy) is 2. The third kappa shape index (κ3) is 6.52. The van der Waals surface area contributed by atoms with Crippen LogP contribution in [0.25, 0.3) is 66.1 Å². The first kappa shape index (κ1) is 41.1. The molecule has 0 spiro atoms. The number of nitrogens with zero attached hydrogens (tertiary/aromatic N) is 2. The number of fused-ring (bicyclic) bond motifs is 10. The molecule has 0 unspecified atom stereocenters. The highest BCUT2D eigenvalue weighted by Gasteiger charge is 2.41. The summed E-state index contributed by atoms with van der Waals surface area (Å²) in [7, 11) is 0. The predicted octanol–water partition coefficient (Wildman–Crippen LogP) is 16.5. The second-order valence-corrected chi connectivity index (χ2v) is 18.7. The van der Waals surface area contributed by atoms with E-state index < -0.39 is 0 Å². The molecule has 7 heteroatoms. The molecule has 0 atom stereocenters. The lowest BCUT2D eigenvalue weighted by atomic mass is 9.35. The van der Waals surface area contributed by atoms with Gasteiger partial charge in [-0.3, -0.25) is 0 Å². The van der Waals surface area contributed by atoms with Crippen LogP contribution in [0, 0.1) is 0 Å². The molecule has 2 aromatic heterocycles. The van der Waals surface area contributed by atoms with Gasteiger partial charge in [0.25, 0.3) is 6.71 Å². The molecular formula is C66H41BN2O4. The van der Waals surface area contributed by atoms with Gasteiger partial charge in [-0.1, -0.05) is 176 Å². The summed E-state index contributed by atoms with van der Waals surface area (Å²) in [6, 6.07) is 87.1. The molecular weight excluding hydrogens is 896 g/mol. The first-order valence-corrected chi connectivity index (χ1v) is 24.7. The molecule has 0 bridgehead atoms. The first-order chi connectivity index (χ1) is 36.2. The molecule has 11 aromatic carbocycles. The summed E-state index contributed by atoms with van der Waals surface area (Å²) in [6.45, 7) is -0.172. The third-order valence-electron chi connectivity index (χ3n) is 14.6. The Morgan fingerprint density at radius 3 is 1.19 bits per heavy atom. The first-order valence-electron chi connectivity index (χ1n) is 24.7. The Bertz CT molecular complexity index is 4040. The van der Waals surface area contributed by atoms with Gasteiger partial charge in [0.05, 0.1) is 22.7 Å². The normalized spacial score (nSPS) is 12.3. The van der Waals surface area contributed by atoms with Crippen molar-refractivity contribution in [2.24, 2.45) is 0 Å². The van der Waals surface area contributed by atoms with Gasteiger partial charge in [0.2, 0.25) is 0 Å². The molecule has 0 fully saturated rings. The quantitative estimate of drug-likeness (QED) is 0.142. The Morgan fingerprint density at radius 2 is 0.699 bits per heavy atom. The van der Waals surface area contributed by atoms with Crippen LogP contribution < -0.4 is 35.7 Å². The summed E-state index contributed by atoms with van der Waals surface area (Å²) in [6.07, 6.45) is 0. The van der Waals surface area contributed by atoms with E-state index in [4.69, 9.17) is 18.3 Å². The molecule has 0 N–H and O–H groups in total. The van der Waals surface area contributed by atoms with Crippen LogP contribution in [0.3, 0.4) is 0 Å². The Morgan fingerprint density at radius 1 is 0.301 bits per heavy atom. The molecule has 0 amide bonds. The summed E-state index contributed by atoms with van der Waals surface area (Å²) in [5.74, 6) is 3.09. The number of benzene rings is 11. The fourth-order valence-corrected chi connectivity index (χ4v) is 11.4. The minimum absolute atomic E-state index is 0.172. The average Bonchev–Trinajstić information content (AvgIpc) is 4.04. The molecule has 15 rings (SSSR count). The van der Waals surface area contributed by atoms with Crippen LogP contribution in [-0.4, -0.2) is 6.71 Å². The Hall–Kier alpha value is -9.72. The second-order valence-electron chi connectivity index (χ2n) is 18.7. The standard InChI is InChI=1S/C66H41BN2O4/c1-3-18-42(19-4-1)46-22-7-11-28-54(46)68(56-30-15-26-50-48-24-9-13-32-58(48)72-65(50)56)44-36-38-52-62(40-44)70-60-34-17-35-61-64(60)67(52)53-39-37-45(41-63(53)71-61)69(55-29-12-8-23-47(55)43-20-5-2-6-21-43)57-31-16-27-51-49-25-10-14-33-59(49)73-66(51)57/h1-41H. The van der Waals surface area contributed by atoms with Crippen molar-refractivity contribution in [1.82, 2.24) is 0 Å². The molecule has 2 aliphatic heterocycles. The minimum atomic E-state index is -0.172. The SMILES string of the molecule is c1ccc(-c2ccccc2N(c2ccc3c(c2)Oc2cccc4c2B3c2ccc(N(c3ccccc3-c3ccccc3)c3cccc5c3oc3ccccc35)cc2O4)c2cccc3c2oc2ccccc23)cc1. The van der Waals surface area contributed by atoms with Gasteiger partial charge in [-0.25, -0.2) is 0 Å². The average molecular weight is 937 g/mol. The van der Waals surface area contributed by atoms with E-state index >= 15 is 0 Å². The number of hydrogen-bond donors (Lipinski definition) is 0. The lowest BCUT2D eigenvalue weighted by Crippen LogP contribution is -2.57. The number of rotatable bonds is 8. The lowest BCUT2D eigenvalue weighted by Gasteiger charge is -2.35. The topological polar surface area (TPSA) is 51.2 Å². The highest BCUT2D eigenvalue weighted by molar-refractivity contribution is 6.98. The molecule has 0 radical (unpaired) electrons. The van der Waals surface area contributed by atoms with Crippen LogP contribution in [0.2, 0.25) is 0 Å². The van der Waals surface area contributed by atoms with E-state index in [2.05, 4.69) is 228 Å². The highest BCUT2D eigenvalue weighted by atomic mass is 16.5. The Balaban J connectivity index is 0.905. The predicted molar refractivity (Wildman–Crippen MR) is 299 cm³/mol. The van der Waals surface area contributed by atoms with Gasteiger partial charge in [-0.15, -0.1) is 0 Å². The van der Waals surface area contributed by atoms with Crippen molar-refractivity contribution < 1.29 is 18.3 Å². The van der Waals surface area contributed by atoms with Crippen LogP contribution in [0.1, 0.15) is 0 Å². The van der Waals surface area contributed by atoms with Crippen molar-refractivity contribution in [3.8, 4) is 45.3 Å². The summed E-state index contributed by atoms with van der Waals surface area (Å²) in [5.41, 5.74) is 16.6. The van der Waals surface area contributed by atoms with Gasteiger partial charge >= 0.3 is 0 Å². The van der Waals surface area contributed by atoms with Gasteiger partial charge in [0.1, 0.15) is 34.2 Å². The van der Waals surface area contributed by atoms with E-state index in [0.717, 1.165) is 140 Å². The van der Waals surface area contributed by atoms with Crippen molar-refractivity contribution in [2.75, 3.05) is 9.80 Å². The highest BCUT2D eigenvalue weighted by Crippen LogP contribution is 2.49. The maximum atomic E-state index is 7.00. The molecule has 4 heterocycles. The number of anilines is 6. The van der Waals surface area contributed by atoms with Crippen molar-refractivity contribution in [3.05, 3.63) is 249 Å². The van der Waals surface area contributed by atoms with Crippen LogP contribution >= 0.6 is 0 Å². The molecule has 73 heavy (non-hydrogen) atoms. The Labute approximate surface area is 421 Å². The summed E-state index contributed by atoms with van der Waals surface area (Å²) in [5, 5.41) is 4.27. The zero-order valence-corrected chi connectivity index (χ0v) is 39.3. The smallest absolute Gasteiger partial charge is 0.260 e. The molecule has 0 aliphatic carbocycles. The lowest BCUT2D eigenvalue weighted by molar-refractivity contribution is 0.464. The monoisotopic (exact) mass is 936 g/mol. The van der Waals surface area contributed by atoms with Crippen LogP contribution in [0.5, 0.6) is 23.0 Å². The van der Waals surface area contributed by atoms with Crippen LogP contribution in [-0.2, 0) is 0 Å². The maximum absolute atomic E-state index is 7.00. The van der Waals surface area contributed by atoms with Crippen molar-refractivity contribution in [3.63, 3.8) is 0 Å². The van der Waals surface area contributed by atoms with Gasteiger partial charge in [0, 0.05) is 61.6 Å². The van der Waals surface area contributed by atoms with E-state index in [0.29, 0.717) is 0 Å². The van der Waals surface area contributed by atoms with Crippen LogP contribution in [0.4, 0.5) is 34.1 Å². The zero-order valence-electron chi connectivity index (χ0n) is 39.3. The second kappa shape index (κ2) is 16.4. The fraction of sp³-hybridized carbons (Fsp3) is 0. The van der Waals surface area contributed by atoms with Gasteiger partial charge in [-0.05, 0) is 82.7 Å². The van der Waals surface area contributed by atoms with Gasteiger partial charge in [0.15, 0.2) is 11.2 Å². The Kier molecular flexibility index (Phi) is 9.26. The summed E-state index contributed by atoms with van der Waals surface area (Å²) >= 11 is 0. The van der Waals surface area contributed by atoms with E-state index in [1.54, 1.807) is 0 Å². The van der Waals surface area contributed by atoms with Gasteiger partial charge in [-0.2, -0.15) is 0 Å². The van der Waals surface area contributed by atoms with Crippen molar-refractivity contribution in [2.45, 2.75) is 0 Å². The number of para-hydroxylation sites is 6.